The molecule has 0 radical (unpaired) electrons. The van der Waals surface area contributed by atoms with Crippen LogP contribution in [0.25, 0.3) is 238 Å². The number of fused-ring (bicyclic) bond motifs is 25. The fourth-order valence-corrected chi connectivity index (χ4v) is 23.9. The molecule has 132 heavy (non-hydrogen) atoms. The van der Waals surface area contributed by atoms with E-state index >= 15 is 0 Å². The summed E-state index contributed by atoms with van der Waals surface area (Å²) < 4.78 is 12.3. The number of aromatic nitrogens is 7. The van der Waals surface area contributed by atoms with Crippen molar-refractivity contribution in [2.24, 2.45) is 0 Å². The van der Waals surface area contributed by atoms with Crippen LogP contribution in [-0.2, 0) is 16.2 Å². The van der Waals surface area contributed by atoms with E-state index in [4.69, 9.17) is 9.97 Å². The van der Waals surface area contributed by atoms with Gasteiger partial charge in [0.05, 0.1) is 66.4 Å². The standard InChI is InChI=1S/C125H85N7/c1-123(2)104-37-15-7-29-87(104)90-54-51-84(71-107(90)123)130-112-42-20-12-33-94(112)99-66-75(46-58-116(99)130)74-45-57-115-98(65-74)93-32-11-19-41-111(93)128(115)82-27-23-25-80(63-82)121-97-36-10-18-40-110(97)126-122(127-121)81-26-24-28-83(64-81)129-119-61-49-78(76-47-59-117-100(67-76)95-34-13-21-43-113(95)131(117)85-52-55-91-88-30-8-16-38-105(88)124(3,4)108(91)72-85)69-102(119)103-70-79(50-62-120(103)129)77-48-60-118-101(68-77)96-35-14-22-44-114(96)132(118)86-53-56-92-89-31-9-17-39-106(89)125(5,6)109(92)73-86/h7-73H,1-6H3. The minimum Gasteiger partial charge on any atom is -0.309 e. The van der Waals surface area contributed by atoms with Crippen LogP contribution in [0.1, 0.15) is 74.9 Å². The van der Waals surface area contributed by atoms with Crippen molar-refractivity contribution >= 4 is 120 Å². The van der Waals surface area contributed by atoms with E-state index in [1.54, 1.807) is 0 Å². The van der Waals surface area contributed by atoms with Gasteiger partial charge in [-0.2, -0.15) is 0 Å². The molecule has 0 atom stereocenters. The van der Waals surface area contributed by atoms with Crippen molar-refractivity contribution < 1.29 is 0 Å². The van der Waals surface area contributed by atoms with Gasteiger partial charge in [-0.3, -0.25) is 0 Å². The minimum atomic E-state index is -0.134. The average molecular weight is 1690 g/mol. The van der Waals surface area contributed by atoms with Crippen LogP contribution in [0.2, 0.25) is 0 Å². The van der Waals surface area contributed by atoms with Crippen molar-refractivity contribution in [1.29, 1.82) is 0 Å². The molecule has 19 aromatic carbocycles. The van der Waals surface area contributed by atoms with Crippen LogP contribution in [0.4, 0.5) is 0 Å². The molecule has 0 amide bonds. The van der Waals surface area contributed by atoms with Gasteiger partial charge in [-0.1, -0.05) is 284 Å². The molecule has 0 aliphatic heterocycles. The lowest BCUT2D eigenvalue weighted by atomic mass is 9.82. The summed E-state index contributed by atoms with van der Waals surface area (Å²) in [6, 6.07) is 152. The van der Waals surface area contributed by atoms with E-state index in [-0.39, 0.29) is 16.2 Å². The molecule has 0 spiro atoms. The second-order valence-corrected chi connectivity index (χ2v) is 38.4. The number of para-hydroxylation sites is 5. The largest absolute Gasteiger partial charge is 0.309 e. The third-order valence-electron chi connectivity index (χ3n) is 30.3. The van der Waals surface area contributed by atoms with Gasteiger partial charge in [-0.25, -0.2) is 9.97 Å². The molecule has 6 heterocycles. The number of hydrogen-bond acceptors (Lipinski definition) is 2. The van der Waals surface area contributed by atoms with Crippen LogP contribution in [0.15, 0.2) is 406 Å². The van der Waals surface area contributed by atoms with Crippen LogP contribution in [0.3, 0.4) is 0 Å². The van der Waals surface area contributed by atoms with Crippen molar-refractivity contribution in [3.05, 3.63) is 440 Å². The summed E-state index contributed by atoms with van der Waals surface area (Å²) in [6.45, 7) is 14.2. The van der Waals surface area contributed by atoms with Gasteiger partial charge in [0.1, 0.15) is 0 Å². The normalized spacial score (nSPS) is 13.9. The molecule has 7 heteroatoms. The highest BCUT2D eigenvalue weighted by atomic mass is 15.0. The zero-order valence-corrected chi connectivity index (χ0v) is 73.8. The van der Waals surface area contributed by atoms with Gasteiger partial charge in [0.2, 0.25) is 0 Å². The first-order valence-corrected chi connectivity index (χ1v) is 46.2. The van der Waals surface area contributed by atoms with Gasteiger partial charge in [0, 0.05) is 115 Å². The van der Waals surface area contributed by atoms with Gasteiger partial charge in [-0.15, -0.1) is 0 Å². The lowest BCUT2D eigenvalue weighted by Crippen LogP contribution is -2.15. The van der Waals surface area contributed by atoms with E-state index in [0.29, 0.717) is 5.82 Å². The zero-order chi connectivity index (χ0) is 87.5. The Morgan fingerprint density at radius 2 is 0.424 bits per heavy atom. The van der Waals surface area contributed by atoms with E-state index in [1.165, 1.54) is 171 Å². The van der Waals surface area contributed by atoms with E-state index in [9.17, 15) is 0 Å². The highest BCUT2D eigenvalue weighted by Crippen LogP contribution is 2.55. The van der Waals surface area contributed by atoms with Crippen LogP contribution in [-0.4, -0.2) is 32.8 Å². The van der Waals surface area contributed by atoms with Gasteiger partial charge >= 0.3 is 0 Å². The minimum absolute atomic E-state index is 0.112. The number of hydrogen-bond donors (Lipinski definition) is 0. The quantitative estimate of drug-likeness (QED) is 0.137. The molecule has 3 aliphatic carbocycles. The highest BCUT2D eigenvalue weighted by molar-refractivity contribution is 6.17. The molecule has 0 saturated heterocycles. The Kier molecular flexibility index (Phi) is 15.4. The Morgan fingerprint density at radius 1 is 0.167 bits per heavy atom. The first kappa shape index (κ1) is 74.6. The summed E-state index contributed by atoms with van der Waals surface area (Å²) in [5.74, 6) is 0.650. The summed E-state index contributed by atoms with van der Waals surface area (Å²) in [4.78, 5) is 11.2. The average Bonchev–Trinajstić information content (AvgIpc) is 1.58. The fourth-order valence-electron chi connectivity index (χ4n) is 23.9. The highest BCUT2D eigenvalue weighted by Gasteiger charge is 2.39. The lowest BCUT2D eigenvalue weighted by molar-refractivity contribution is 0.660. The second-order valence-electron chi connectivity index (χ2n) is 38.4. The van der Waals surface area contributed by atoms with Gasteiger partial charge in [0.15, 0.2) is 5.82 Å². The number of rotatable bonds is 10. The molecule has 25 aromatic rings. The molecular weight excluding hydrogens is 1600 g/mol. The second kappa shape index (κ2) is 27.3. The Balaban J connectivity index is 0.557. The summed E-state index contributed by atoms with van der Waals surface area (Å²) in [6.07, 6.45) is 0. The molecule has 0 N–H and O–H groups in total. The Morgan fingerprint density at radius 3 is 0.765 bits per heavy atom. The third kappa shape index (κ3) is 10.6. The molecule has 7 nitrogen and oxygen atoms in total. The Hall–Kier alpha value is -16.5. The van der Waals surface area contributed by atoms with Crippen LogP contribution in [0.5, 0.6) is 0 Å². The molecule has 3 aliphatic rings. The topological polar surface area (TPSA) is 50.4 Å². The molecule has 6 aromatic heterocycles. The first-order chi connectivity index (χ1) is 64.7. The SMILES string of the molecule is CC1(C)c2ccccc2-c2ccc(-n3c4ccccc4c4cc(-c5ccc6c(c5)c5ccccc5n6-c5cccc(-c6nc(-c7cccc(-n8c9ccc(-c%10ccc%11c(c%10)c%10ccccc%10n%11-c%10ccc%11c(c%10)C(C)(C)c%10ccccc%10-%11)cc9c9cc(-c%10ccc%11c(c%10)c%10ccccc%10n%11-c%10ccc%11c(c%10)C(C)(C)c%10ccccc%10-%11)ccc98)c7)nc7ccccc67)c5)ccc43)cc21. The molecule has 0 fully saturated rings. The van der Waals surface area contributed by atoms with Crippen LogP contribution in [0, 0.1) is 0 Å². The van der Waals surface area contributed by atoms with E-state index in [2.05, 4.69) is 471 Å². The molecule has 0 bridgehead atoms. The lowest BCUT2D eigenvalue weighted by Gasteiger charge is -2.22. The molecular formula is C125H85N7. The third-order valence-corrected chi connectivity index (χ3v) is 30.3. The zero-order valence-electron chi connectivity index (χ0n) is 73.8. The maximum Gasteiger partial charge on any atom is 0.160 e. The molecule has 0 saturated carbocycles. The smallest absolute Gasteiger partial charge is 0.160 e. The Labute approximate surface area is 762 Å². The summed E-state index contributed by atoms with van der Waals surface area (Å²) in [5.41, 5.74) is 43.6. The fraction of sp³-hybridized carbons (Fsp3) is 0.0720. The van der Waals surface area contributed by atoms with Gasteiger partial charge in [-0.05, 0) is 264 Å². The number of nitrogens with zero attached hydrogens (tertiary/aromatic N) is 7. The predicted octanol–water partition coefficient (Wildman–Crippen LogP) is 32.4. The van der Waals surface area contributed by atoms with Crippen molar-refractivity contribution in [2.45, 2.75) is 57.8 Å². The van der Waals surface area contributed by atoms with Crippen molar-refractivity contribution in [2.75, 3.05) is 0 Å². The maximum atomic E-state index is 5.70. The summed E-state index contributed by atoms with van der Waals surface area (Å²) in [7, 11) is 0. The van der Waals surface area contributed by atoms with E-state index < -0.39 is 0 Å². The summed E-state index contributed by atoms with van der Waals surface area (Å²) in [5, 5.41) is 13.0. The van der Waals surface area contributed by atoms with Gasteiger partial charge in [0.25, 0.3) is 0 Å². The molecule has 28 rings (SSSR count). The van der Waals surface area contributed by atoms with Gasteiger partial charge < -0.3 is 22.8 Å². The van der Waals surface area contributed by atoms with Crippen molar-refractivity contribution in [3.63, 3.8) is 0 Å². The maximum absolute atomic E-state index is 5.70. The first-order valence-electron chi connectivity index (χ1n) is 46.2. The van der Waals surface area contributed by atoms with Crippen LogP contribution >= 0.6 is 0 Å². The van der Waals surface area contributed by atoms with E-state index in [1.807, 2.05) is 0 Å². The van der Waals surface area contributed by atoms with Crippen molar-refractivity contribution in [1.82, 2.24) is 32.8 Å². The predicted molar refractivity (Wildman–Crippen MR) is 551 cm³/mol. The Bertz CT molecular complexity index is 9120. The monoisotopic (exact) mass is 1680 g/mol. The van der Waals surface area contributed by atoms with Crippen molar-refractivity contribution in [3.8, 4) is 118 Å². The summed E-state index contributed by atoms with van der Waals surface area (Å²) >= 11 is 0. The molecule has 620 valence electrons. The molecule has 0 unspecified atom stereocenters. The number of benzene rings is 19. The van der Waals surface area contributed by atoms with E-state index in [0.717, 1.165) is 94.2 Å². The van der Waals surface area contributed by atoms with Crippen LogP contribution < -0.4 is 0 Å².